The van der Waals surface area contributed by atoms with Crippen LogP contribution < -0.4 is 0 Å². The smallest absolute Gasteiger partial charge is 0.168 e. The fraction of sp³-hybridized carbons (Fsp3) is 0.913. The van der Waals surface area contributed by atoms with E-state index in [1.54, 1.807) is 13.2 Å². The van der Waals surface area contributed by atoms with Gasteiger partial charge in [0.05, 0.1) is 6.26 Å². The Morgan fingerprint density at radius 3 is 1.96 bits per heavy atom. The van der Waals surface area contributed by atoms with Crippen LogP contribution in [0.1, 0.15) is 91.9 Å². The number of ether oxygens (including phenoxy) is 1. The van der Waals surface area contributed by atoms with Gasteiger partial charge in [-0.15, -0.1) is 0 Å². The van der Waals surface area contributed by atoms with E-state index in [4.69, 9.17) is 4.74 Å². The molecule has 0 radical (unpaired) electrons. The van der Waals surface area contributed by atoms with Gasteiger partial charge in [-0.25, -0.2) is 8.78 Å². The second kappa shape index (κ2) is 10.7. The maximum absolute atomic E-state index is 14.1. The van der Waals surface area contributed by atoms with E-state index in [1.165, 1.54) is 44.1 Å². The average Bonchev–Trinajstić information content (AvgIpc) is 2.68. The quantitative estimate of drug-likeness (QED) is 0.470. The maximum atomic E-state index is 14.1. The first kappa shape index (κ1) is 21.7. The third-order valence-electron chi connectivity index (χ3n) is 6.92. The lowest BCUT2D eigenvalue weighted by molar-refractivity contribution is -0.0379. The Bertz CT molecular complexity index is 418. The summed E-state index contributed by atoms with van der Waals surface area (Å²) in [6.07, 6.45) is 9.98. The van der Waals surface area contributed by atoms with E-state index in [0.717, 1.165) is 37.0 Å². The zero-order valence-corrected chi connectivity index (χ0v) is 17.4. The highest BCUT2D eigenvalue weighted by molar-refractivity contribution is 5.03. The maximum Gasteiger partial charge on any atom is 0.168 e. The summed E-state index contributed by atoms with van der Waals surface area (Å²) in [5.41, 5.74) is 1.30. The molecule has 0 heterocycles. The standard InChI is InChI=1S/C21H34F2O.C2H6/c1-14-3-8-17(9-4-14)18-10-6-16(7-11-18)13-24-19-12-5-15(2)20(22)21(19)23;1-2/h13-15,17-21H,3-12H2,1-2H3;1-2H3. The highest BCUT2D eigenvalue weighted by Gasteiger charge is 2.39. The number of rotatable bonds is 3. The van der Waals surface area contributed by atoms with Crippen LogP contribution in [0, 0.1) is 23.7 Å². The minimum Gasteiger partial charge on any atom is -0.495 e. The van der Waals surface area contributed by atoms with Crippen LogP contribution in [0.15, 0.2) is 11.8 Å². The molecular weight excluding hydrogens is 330 g/mol. The summed E-state index contributed by atoms with van der Waals surface area (Å²) in [4.78, 5) is 0. The van der Waals surface area contributed by atoms with Crippen LogP contribution >= 0.6 is 0 Å². The van der Waals surface area contributed by atoms with Crippen molar-refractivity contribution in [1.82, 2.24) is 0 Å². The molecule has 152 valence electrons. The Morgan fingerprint density at radius 2 is 1.35 bits per heavy atom. The van der Waals surface area contributed by atoms with Gasteiger partial charge in [0.1, 0.15) is 12.3 Å². The summed E-state index contributed by atoms with van der Waals surface area (Å²) in [5.74, 6) is 2.53. The number of alkyl halides is 2. The Morgan fingerprint density at radius 1 is 0.769 bits per heavy atom. The molecule has 3 aliphatic carbocycles. The van der Waals surface area contributed by atoms with Crippen LogP contribution in [0.3, 0.4) is 0 Å². The molecule has 4 unspecified atom stereocenters. The monoisotopic (exact) mass is 370 g/mol. The molecule has 3 rings (SSSR count). The first-order valence-corrected chi connectivity index (χ1v) is 11.2. The SMILES string of the molecule is CC.CC1CCC(C2CCC(=COC3CCC(C)C(F)C3F)CC2)CC1. The van der Waals surface area contributed by atoms with Gasteiger partial charge in [0.15, 0.2) is 6.17 Å². The molecule has 0 spiro atoms. The summed E-state index contributed by atoms with van der Waals surface area (Å²) in [7, 11) is 0. The van der Waals surface area contributed by atoms with Gasteiger partial charge in [0, 0.05) is 0 Å². The normalized spacial score (nSPS) is 41.0. The molecule has 0 saturated heterocycles. The molecule has 3 saturated carbocycles. The van der Waals surface area contributed by atoms with Gasteiger partial charge >= 0.3 is 0 Å². The predicted octanol–water partition coefficient (Wildman–Crippen LogP) is 7.40. The van der Waals surface area contributed by atoms with Crippen molar-refractivity contribution in [3.05, 3.63) is 11.8 Å². The summed E-state index contributed by atoms with van der Waals surface area (Å²) in [5, 5.41) is 0. The molecule has 0 aliphatic heterocycles. The van der Waals surface area contributed by atoms with Gasteiger partial charge in [-0.05, 0) is 80.6 Å². The van der Waals surface area contributed by atoms with Gasteiger partial charge in [0.2, 0.25) is 0 Å². The van der Waals surface area contributed by atoms with Crippen molar-refractivity contribution in [2.45, 2.75) is 110 Å². The third-order valence-corrected chi connectivity index (χ3v) is 6.92. The van der Waals surface area contributed by atoms with Crippen LogP contribution in [0.25, 0.3) is 0 Å². The lowest BCUT2D eigenvalue weighted by Crippen LogP contribution is -2.41. The Hall–Kier alpha value is -0.600. The number of halogens is 2. The van der Waals surface area contributed by atoms with Crippen molar-refractivity contribution in [2.75, 3.05) is 0 Å². The largest absolute Gasteiger partial charge is 0.495 e. The van der Waals surface area contributed by atoms with E-state index in [-0.39, 0.29) is 5.92 Å². The Balaban J connectivity index is 0.00000117. The minimum atomic E-state index is -1.47. The molecule has 26 heavy (non-hydrogen) atoms. The molecule has 0 aromatic rings. The van der Waals surface area contributed by atoms with E-state index in [2.05, 4.69) is 6.92 Å². The molecule has 0 N–H and O–H groups in total. The fourth-order valence-corrected chi connectivity index (χ4v) is 4.95. The zero-order valence-electron chi connectivity index (χ0n) is 17.4. The number of hydrogen-bond donors (Lipinski definition) is 0. The Labute approximate surface area is 160 Å². The molecule has 0 amide bonds. The van der Waals surface area contributed by atoms with E-state index in [0.29, 0.717) is 6.42 Å². The van der Waals surface area contributed by atoms with Crippen LogP contribution in [-0.4, -0.2) is 18.4 Å². The van der Waals surface area contributed by atoms with Crippen molar-refractivity contribution in [2.24, 2.45) is 23.7 Å². The van der Waals surface area contributed by atoms with Crippen molar-refractivity contribution < 1.29 is 13.5 Å². The fourth-order valence-electron chi connectivity index (χ4n) is 4.95. The molecule has 4 atom stereocenters. The van der Waals surface area contributed by atoms with Gasteiger partial charge in [-0.2, -0.15) is 0 Å². The van der Waals surface area contributed by atoms with Crippen LogP contribution in [0.5, 0.6) is 0 Å². The molecule has 3 fully saturated rings. The summed E-state index contributed by atoms with van der Waals surface area (Å²) >= 11 is 0. The van der Waals surface area contributed by atoms with Crippen molar-refractivity contribution in [1.29, 1.82) is 0 Å². The lowest BCUT2D eigenvalue weighted by atomic mass is 9.71. The topological polar surface area (TPSA) is 9.23 Å². The van der Waals surface area contributed by atoms with Gasteiger partial charge in [-0.1, -0.05) is 40.5 Å². The van der Waals surface area contributed by atoms with Crippen LogP contribution in [-0.2, 0) is 4.74 Å². The second-order valence-electron chi connectivity index (χ2n) is 8.75. The molecule has 3 aliphatic rings. The van der Waals surface area contributed by atoms with Crippen LogP contribution in [0.4, 0.5) is 8.78 Å². The van der Waals surface area contributed by atoms with Crippen molar-refractivity contribution in [3.8, 4) is 0 Å². The first-order valence-electron chi connectivity index (χ1n) is 11.2. The predicted molar refractivity (Wildman–Crippen MR) is 106 cm³/mol. The van der Waals surface area contributed by atoms with E-state index >= 15 is 0 Å². The summed E-state index contributed by atoms with van der Waals surface area (Å²) in [6.45, 7) is 8.17. The highest BCUT2D eigenvalue weighted by Crippen LogP contribution is 2.41. The molecule has 0 bridgehead atoms. The molecular formula is C23H40F2O. The lowest BCUT2D eigenvalue weighted by Gasteiger charge is -2.36. The van der Waals surface area contributed by atoms with Crippen molar-refractivity contribution >= 4 is 0 Å². The second-order valence-corrected chi connectivity index (χ2v) is 8.75. The number of hydrogen-bond acceptors (Lipinski definition) is 1. The molecule has 3 heteroatoms. The third kappa shape index (κ3) is 5.70. The van der Waals surface area contributed by atoms with E-state index in [1.807, 2.05) is 13.8 Å². The minimum absolute atomic E-state index is 0.179. The number of allylic oxidation sites excluding steroid dienone is 1. The van der Waals surface area contributed by atoms with Crippen LogP contribution in [0.2, 0.25) is 0 Å². The molecule has 1 nitrogen and oxygen atoms in total. The van der Waals surface area contributed by atoms with Gasteiger partial charge in [-0.3, -0.25) is 0 Å². The van der Waals surface area contributed by atoms with Gasteiger partial charge in [0.25, 0.3) is 0 Å². The molecule has 0 aromatic carbocycles. The zero-order chi connectivity index (χ0) is 19.1. The summed E-state index contributed by atoms with van der Waals surface area (Å²) < 4.78 is 33.5. The average molecular weight is 371 g/mol. The molecule has 0 aromatic heterocycles. The van der Waals surface area contributed by atoms with E-state index in [9.17, 15) is 8.78 Å². The Kier molecular flexibility index (Phi) is 8.90. The summed E-state index contributed by atoms with van der Waals surface area (Å²) in [6, 6.07) is 0. The van der Waals surface area contributed by atoms with Crippen molar-refractivity contribution in [3.63, 3.8) is 0 Å². The van der Waals surface area contributed by atoms with Gasteiger partial charge < -0.3 is 4.74 Å². The van der Waals surface area contributed by atoms with E-state index < -0.39 is 18.4 Å². The highest BCUT2D eigenvalue weighted by atomic mass is 19.2. The first-order chi connectivity index (χ1) is 12.5.